The molecule has 1 radical (unpaired) electrons. The molecule has 0 atom stereocenters. The first-order valence-corrected chi connectivity index (χ1v) is 2.72. The Morgan fingerprint density at radius 2 is 2.10 bits per heavy atom. The van der Waals surface area contributed by atoms with Gasteiger partial charge in [0.1, 0.15) is 5.75 Å². The highest BCUT2D eigenvalue weighted by atomic mass is 16.5. The van der Waals surface area contributed by atoms with E-state index >= 15 is 0 Å². The highest BCUT2D eigenvalue weighted by molar-refractivity contribution is 5.42. The minimum absolute atomic E-state index is 0.0988. The third-order valence-electron chi connectivity index (χ3n) is 1.09. The van der Waals surface area contributed by atoms with E-state index in [9.17, 15) is 0 Å². The predicted molar refractivity (Wildman–Crippen MR) is 35.2 cm³/mol. The average Bonchev–Trinajstić information content (AvgIpc) is 1.88. The summed E-state index contributed by atoms with van der Waals surface area (Å²) in [6.45, 7) is 0. The molecule has 10 heavy (non-hydrogen) atoms. The molecule has 2 N–H and O–H groups in total. The number of benzene rings is 1. The van der Waals surface area contributed by atoms with Crippen LogP contribution in [0.5, 0.6) is 17.2 Å². The topological polar surface area (TPSA) is 49.7 Å². The van der Waals surface area contributed by atoms with Crippen molar-refractivity contribution in [2.45, 2.75) is 0 Å². The van der Waals surface area contributed by atoms with Crippen LogP contribution in [0.4, 0.5) is 0 Å². The second-order valence-corrected chi connectivity index (χ2v) is 1.76. The van der Waals surface area contributed by atoms with Gasteiger partial charge in [0.25, 0.3) is 0 Å². The van der Waals surface area contributed by atoms with Crippen LogP contribution in [-0.2, 0) is 0 Å². The Morgan fingerprint density at radius 1 is 1.40 bits per heavy atom. The third kappa shape index (κ3) is 1.13. The van der Waals surface area contributed by atoms with E-state index in [1.54, 1.807) is 0 Å². The molecule has 0 amide bonds. The lowest BCUT2D eigenvalue weighted by Gasteiger charge is -2.00. The first kappa shape index (κ1) is 6.74. The second-order valence-electron chi connectivity index (χ2n) is 1.76. The van der Waals surface area contributed by atoms with Crippen LogP contribution in [-0.4, -0.2) is 17.3 Å². The standard InChI is InChI=1S/C7H7O3/c1-10-7-3-2-5(8)4-6(7)9/h2-3,8-9H,1H3. The Kier molecular flexibility index (Phi) is 1.67. The van der Waals surface area contributed by atoms with Gasteiger partial charge < -0.3 is 14.9 Å². The summed E-state index contributed by atoms with van der Waals surface area (Å²) in [5.41, 5.74) is 0. The molecule has 3 heteroatoms. The van der Waals surface area contributed by atoms with E-state index in [1.807, 2.05) is 0 Å². The fraction of sp³-hybridized carbons (Fsp3) is 0.143. The van der Waals surface area contributed by atoms with Crippen molar-refractivity contribution in [3.8, 4) is 17.2 Å². The molecule has 1 aromatic rings. The predicted octanol–water partition coefficient (Wildman–Crippen LogP) is 0.907. The molecule has 1 aromatic carbocycles. The van der Waals surface area contributed by atoms with Crippen molar-refractivity contribution in [2.24, 2.45) is 0 Å². The van der Waals surface area contributed by atoms with Crippen molar-refractivity contribution in [2.75, 3.05) is 7.11 Å². The molecule has 0 aliphatic carbocycles. The number of hydrogen-bond acceptors (Lipinski definition) is 3. The van der Waals surface area contributed by atoms with Crippen molar-refractivity contribution in [3.05, 3.63) is 18.2 Å². The maximum atomic E-state index is 8.95. The van der Waals surface area contributed by atoms with E-state index in [0.717, 1.165) is 0 Å². The van der Waals surface area contributed by atoms with E-state index in [-0.39, 0.29) is 11.5 Å². The molecule has 0 fully saturated rings. The minimum atomic E-state index is -0.178. The van der Waals surface area contributed by atoms with Crippen LogP contribution in [0.3, 0.4) is 0 Å². The summed E-state index contributed by atoms with van der Waals surface area (Å²) < 4.78 is 4.71. The number of phenols is 2. The Hall–Kier alpha value is -1.38. The number of phenolic OH excluding ortho intramolecular Hbond substituents is 2. The van der Waals surface area contributed by atoms with Gasteiger partial charge in [-0.05, 0) is 12.1 Å². The van der Waals surface area contributed by atoms with Gasteiger partial charge in [-0.15, -0.1) is 0 Å². The fourth-order valence-corrected chi connectivity index (χ4v) is 0.623. The molecule has 53 valence electrons. The van der Waals surface area contributed by atoms with Crippen molar-refractivity contribution in [1.29, 1.82) is 0 Å². The summed E-state index contributed by atoms with van der Waals surface area (Å²) in [7, 11) is 1.43. The molecular formula is C7H7O3. The third-order valence-corrected chi connectivity index (χ3v) is 1.09. The van der Waals surface area contributed by atoms with Crippen LogP contribution in [0, 0.1) is 6.07 Å². The first-order chi connectivity index (χ1) is 4.74. The average molecular weight is 139 g/mol. The highest BCUT2D eigenvalue weighted by Gasteiger charge is 2.00. The van der Waals surface area contributed by atoms with Crippen molar-refractivity contribution < 1.29 is 14.9 Å². The Balaban J connectivity index is 3.07. The monoisotopic (exact) mass is 139 g/mol. The van der Waals surface area contributed by atoms with Crippen molar-refractivity contribution >= 4 is 0 Å². The molecule has 0 unspecified atom stereocenters. The van der Waals surface area contributed by atoms with Gasteiger partial charge in [0.2, 0.25) is 0 Å². The molecule has 0 bridgehead atoms. The summed E-state index contributed by atoms with van der Waals surface area (Å²) in [5, 5.41) is 17.7. The van der Waals surface area contributed by atoms with E-state index in [0.29, 0.717) is 5.75 Å². The highest BCUT2D eigenvalue weighted by Crippen LogP contribution is 2.27. The fourth-order valence-electron chi connectivity index (χ4n) is 0.623. The zero-order chi connectivity index (χ0) is 7.56. The number of aromatic hydroxyl groups is 2. The van der Waals surface area contributed by atoms with Gasteiger partial charge in [-0.2, -0.15) is 0 Å². The summed E-state index contributed by atoms with van der Waals surface area (Å²) in [6, 6.07) is 5.12. The SMILES string of the molecule is COc1ccc(O)[c]c1O. The zero-order valence-electron chi connectivity index (χ0n) is 5.46. The smallest absolute Gasteiger partial charge is 0.169 e. The first-order valence-electron chi connectivity index (χ1n) is 2.72. The van der Waals surface area contributed by atoms with Gasteiger partial charge in [0.05, 0.1) is 13.2 Å². The van der Waals surface area contributed by atoms with Crippen LogP contribution in [0.25, 0.3) is 0 Å². The molecule has 0 aliphatic rings. The number of rotatable bonds is 1. The van der Waals surface area contributed by atoms with E-state index < -0.39 is 0 Å². The molecule has 0 aliphatic heterocycles. The van der Waals surface area contributed by atoms with Crippen LogP contribution >= 0.6 is 0 Å². The van der Waals surface area contributed by atoms with E-state index in [2.05, 4.69) is 6.07 Å². The maximum absolute atomic E-state index is 8.95. The zero-order valence-corrected chi connectivity index (χ0v) is 5.46. The number of hydrogen-bond donors (Lipinski definition) is 2. The van der Waals surface area contributed by atoms with Crippen molar-refractivity contribution in [1.82, 2.24) is 0 Å². The molecule has 0 spiro atoms. The molecule has 1 rings (SSSR count). The van der Waals surface area contributed by atoms with Gasteiger partial charge in [-0.1, -0.05) is 0 Å². The summed E-state index contributed by atoms with van der Waals surface area (Å²) in [6.07, 6.45) is 0. The lowest BCUT2D eigenvalue weighted by molar-refractivity contribution is 0.369. The van der Waals surface area contributed by atoms with Crippen molar-refractivity contribution in [3.63, 3.8) is 0 Å². The molecule has 3 nitrogen and oxygen atoms in total. The number of methoxy groups -OCH3 is 1. The molecule has 0 aromatic heterocycles. The van der Waals surface area contributed by atoms with Gasteiger partial charge >= 0.3 is 0 Å². The van der Waals surface area contributed by atoms with Gasteiger partial charge in [0.15, 0.2) is 11.5 Å². The largest absolute Gasteiger partial charge is 0.507 e. The van der Waals surface area contributed by atoms with Crippen LogP contribution in [0.2, 0.25) is 0 Å². The van der Waals surface area contributed by atoms with Crippen LogP contribution in [0.1, 0.15) is 0 Å². The van der Waals surface area contributed by atoms with E-state index in [1.165, 1.54) is 19.2 Å². The molecular weight excluding hydrogens is 132 g/mol. The second kappa shape index (κ2) is 2.47. The van der Waals surface area contributed by atoms with E-state index in [4.69, 9.17) is 14.9 Å². The van der Waals surface area contributed by atoms with Gasteiger partial charge in [0, 0.05) is 0 Å². The minimum Gasteiger partial charge on any atom is -0.507 e. The van der Waals surface area contributed by atoms with Gasteiger partial charge in [-0.25, -0.2) is 0 Å². The lowest BCUT2D eigenvalue weighted by atomic mass is 10.3. The summed E-state index contributed by atoms with van der Waals surface area (Å²) in [5.74, 6) is 0.0265. The lowest BCUT2D eigenvalue weighted by Crippen LogP contribution is -1.81. The summed E-state index contributed by atoms with van der Waals surface area (Å²) >= 11 is 0. The Bertz CT molecular complexity index is 232. The quantitative estimate of drug-likeness (QED) is 0.607. The maximum Gasteiger partial charge on any atom is 0.169 e. The van der Waals surface area contributed by atoms with Gasteiger partial charge in [-0.3, -0.25) is 0 Å². The molecule has 0 heterocycles. The summed E-state index contributed by atoms with van der Waals surface area (Å²) in [4.78, 5) is 0. The Labute approximate surface area is 58.5 Å². The normalized spacial score (nSPS) is 9.30. The molecule has 0 saturated carbocycles. The molecule has 0 saturated heterocycles. The Morgan fingerprint density at radius 3 is 2.60 bits per heavy atom. The van der Waals surface area contributed by atoms with Crippen LogP contribution < -0.4 is 4.74 Å². The van der Waals surface area contributed by atoms with Crippen LogP contribution in [0.15, 0.2) is 12.1 Å². The number of ether oxygens (including phenoxy) is 1.